The van der Waals surface area contributed by atoms with E-state index in [9.17, 15) is 4.79 Å². The molecular formula is C10H6N4O. The first kappa shape index (κ1) is 8.05. The van der Waals surface area contributed by atoms with E-state index in [0.29, 0.717) is 17.6 Å². The zero-order chi connectivity index (χ0) is 10.3. The Labute approximate surface area is 84.4 Å². The normalized spacial score (nSPS) is 10.9. The first-order valence-corrected chi connectivity index (χ1v) is 4.44. The number of benzene rings is 1. The molecule has 0 bridgehead atoms. The zero-order valence-electron chi connectivity index (χ0n) is 7.66. The van der Waals surface area contributed by atoms with E-state index in [2.05, 4.69) is 15.1 Å². The van der Waals surface area contributed by atoms with E-state index in [1.807, 2.05) is 24.3 Å². The van der Waals surface area contributed by atoms with Gasteiger partial charge in [0.15, 0.2) is 11.9 Å². The summed E-state index contributed by atoms with van der Waals surface area (Å²) < 4.78 is 1.62. The van der Waals surface area contributed by atoms with E-state index in [0.717, 1.165) is 11.0 Å². The van der Waals surface area contributed by atoms with Gasteiger partial charge in [-0.1, -0.05) is 12.1 Å². The van der Waals surface area contributed by atoms with Gasteiger partial charge in [0.1, 0.15) is 12.0 Å². The molecule has 0 atom stereocenters. The van der Waals surface area contributed by atoms with Crippen molar-refractivity contribution in [2.75, 3.05) is 0 Å². The minimum absolute atomic E-state index is 0.311. The SMILES string of the molecule is O=Cc1nc2ccccc2n2ncnc12. The van der Waals surface area contributed by atoms with Gasteiger partial charge in [-0.2, -0.15) is 5.10 Å². The number of fused-ring (bicyclic) bond motifs is 3. The van der Waals surface area contributed by atoms with Gasteiger partial charge in [-0.15, -0.1) is 0 Å². The molecule has 5 nitrogen and oxygen atoms in total. The lowest BCUT2D eigenvalue weighted by molar-refractivity contribution is 0.112. The minimum Gasteiger partial charge on any atom is -0.296 e. The van der Waals surface area contributed by atoms with Crippen LogP contribution in [0.4, 0.5) is 0 Å². The summed E-state index contributed by atoms with van der Waals surface area (Å²) in [4.78, 5) is 19.0. The van der Waals surface area contributed by atoms with Crippen molar-refractivity contribution in [2.24, 2.45) is 0 Å². The molecule has 2 aromatic heterocycles. The van der Waals surface area contributed by atoms with Gasteiger partial charge in [0.2, 0.25) is 0 Å². The van der Waals surface area contributed by atoms with Crippen LogP contribution >= 0.6 is 0 Å². The number of aromatic nitrogens is 4. The van der Waals surface area contributed by atoms with E-state index in [4.69, 9.17) is 0 Å². The highest BCUT2D eigenvalue weighted by Crippen LogP contribution is 2.14. The molecule has 0 aliphatic heterocycles. The fourth-order valence-electron chi connectivity index (χ4n) is 1.59. The largest absolute Gasteiger partial charge is 0.296 e. The third-order valence-electron chi connectivity index (χ3n) is 2.24. The van der Waals surface area contributed by atoms with Crippen LogP contribution in [0.25, 0.3) is 16.7 Å². The Morgan fingerprint density at radius 2 is 2.13 bits per heavy atom. The Bertz CT molecular complexity index is 659. The summed E-state index contributed by atoms with van der Waals surface area (Å²) in [6.07, 6.45) is 2.10. The van der Waals surface area contributed by atoms with E-state index in [-0.39, 0.29) is 0 Å². The highest BCUT2D eigenvalue weighted by atomic mass is 16.1. The third kappa shape index (κ3) is 1.03. The third-order valence-corrected chi connectivity index (χ3v) is 2.24. The number of rotatable bonds is 1. The molecule has 3 rings (SSSR count). The van der Waals surface area contributed by atoms with Crippen molar-refractivity contribution in [1.82, 2.24) is 19.6 Å². The second-order valence-corrected chi connectivity index (χ2v) is 3.10. The topological polar surface area (TPSA) is 60.2 Å². The predicted molar refractivity (Wildman–Crippen MR) is 53.7 cm³/mol. The standard InChI is InChI=1S/C10H6N4O/c15-5-8-10-11-6-12-14(10)9-4-2-1-3-7(9)13-8/h1-6H. The van der Waals surface area contributed by atoms with Gasteiger partial charge in [-0.25, -0.2) is 14.5 Å². The molecular weight excluding hydrogens is 192 g/mol. The molecule has 0 unspecified atom stereocenters. The van der Waals surface area contributed by atoms with E-state index in [1.54, 1.807) is 4.52 Å². The molecule has 15 heavy (non-hydrogen) atoms. The van der Waals surface area contributed by atoms with Crippen LogP contribution < -0.4 is 0 Å². The number of hydrogen-bond acceptors (Lipinski definition) is 4. The van der Waals surface area contributed by atoms with Gasteiger partial charge in [-0.3, -0.25) is 4.79 Å². The smallest absolute Gasteiger partial charge is 0.185 e. The lowest BCUT2D eigenvalue weighted by atomic mass is 10.3. The number of hydrogen-bond donors (Lipinski definition) is 0. The second-order valence-electron chi connectivity index (χ2n) is 3.10. The molecule has 3 aromatic rings. The molecule has 0 amide bonds. The van der Waals surface area contributed by atoms with E-state index < -0.39 is 0 Å². The van der Waals surface area contributed by atoms with Crippen molar-refractivity contribution in [3.05, 3.63) is 36.3 Å². The van der Waals surface area contributed by atoms with Crippen molar-refractivity contribution in [1.29, 1.82) is 0 Å². The number of aldehydes is 1. The Morgan fingerprint density at radius 1 is 1.27 bits per heavy atom. The minimum atomic E-state index is 0.311. The number of carbonyl (C=O) groups is 1. The summed E-state index contributed by atoms with van der Waals surface area (Å²) in [5, 5.41) is 4.06. The molecule has 2 heterocycles. The van der Waals surface area contributed by atoms with E-state index >= 15 is 0 Å². The van der Waals surface area contributed by atoms with Crippen LogP contribution in [0.15, 0.2) is 30.6 Å². The highest BCUT2D eigenvalue weighted by molar-refractivity contribution is 5.87. The molecule has 0 spiro atoms. The lowest BCUT2D eigenvalue weighted by Crippen LogP contribution is -1.98. The molecule has 0 aliphatic rings. The van der Waals surface area contributed by atoms with Gasteiger partial charge in [-0.05, 0) is 12.1 Å². The van der Waals surface area contributed by atoms with Gasteiger partial charge in [0.05, 0.1) is 11.0 Å². The molecule has 0 fully saturated rings. The summed E-state index contributed by atoms with van der Waals surface area (Å²) in [5.41, 5.74) is 2.38. The number of para-hydroxylation sites is 2. The molecule has 0 N–H and O–H groups in total. The molecule has 72 valence electrons. The maximum absolute atomic E-state index is 10.8. The molecule has 0 aliphatic carbocycles. The fourth-order valence-corrected chi connectivity index (χ4v) is 1.59. The zero-order valence-corrected chi connectivity index (χ0v) is 7.66. The Balaban J connectivity index is 2.62. The van der Waals surface area contributed by atoms with Crippen LogP contribution in [0, 0.1) is 0 Å². The number of nitrogens with zero attached hydrogens (tertiary/aromatic N) is 4. The van der Waals surface area contributed by atoms with Crippen molar-refractivity contribution < 1.29 is 4.79 Å². The van der Waals surface area contributed by atoms with Gasteiger partial charge in [0.25, 0.3) is 0 Å². The first-order valence-electron chi connectivity index (χ1n) is 4.44. The molecule has 1 aromatic carbocycles. The van der Waals surface area contributed by atoms with E-state index in [1.165, 1.54) is 6.33 Å². The average Bonchev–Trinajstić information content (AvgIpc) is 2.77. The fraction of sp³-hybridized carbons (Fsp3) is 0. The van der Waals surface area contributed by atoms with Crippen molar-refractivity contribution in [3.8, 4) is 0 Å². The highest BCUT2D eigenvalue weighted by Gasteiger charge is 2.08. The average molecular weight is 198 g/mol. The predicted octanol–water partition coefficient (Wildman–Crippen LogP) is 1.09. The second kappa shape index (κ2) is 2.84. The van der Waals surface area contributed by atoms with Crippen LogP contribution in [-0.4, -0.2) is 25.9 Å². The van der Waals surface area contributed by atoms with Crippen molar-refractivity contribution in [2.45, 2.75) is 0 Å². The molecule has 0 saturated carbocycles. The van der Waals surface area contributed by atoms with Crippen LogP contribution in [0.1, 0.15) is 10.5 Å². The summed E-state index contributed by atoms with van der Waals surface area (Å²) in [5.74, 6) is 0. The Hall–Kier alpha value is -2.30. The van der Waals surface area contributed by atoms with Gasteiger partial charge >= 0.3 is 0 Å². The molecule has 0 radical (unpaired) electrons. The van der Waals surface area contributed by atoms with Gasteiger partial charge < -0.3 is 0 Å². The van der Waals surface area contributed by atoms with Crippen molar-refractivity contribution >= 4 is 23.0 Å². The monoisotopic (exact) mass is 198 g/mol. The van der Waals surface area contributed by atoms with Crippen LogP contribution in [-0.2, 0) is 0 Å². The van der Waals surface area contributed by atoms with Crippen LogP contribution in [0.2, 0.25) is 0 Å². The Morgan fingerprint density at radius 3 is 3.00 bits per heavy atom. The quantitative estimate of drug-likeness (QED) is 0.549. The van der Waals surface area contributed by atoms with Crippen LogP contribution in [0.5, 0.6) is 0 Å². The first-order chi connectivity index (χ1) is 7.40. The summed E-state index contributed by atoms with van der Waals surface area (Å²) >= 11 is 0. The molecule has 0 saturated heterocycles. The summed E-state index contributed by atoms with van der Waals surface area (Å²) in [7, 11) is 0. The summed E-state index contributed by atoms with van der Waals surface area (Å²) in [6, 6.07) is 7.49. The van der Waals surface area contributed by atoms with Gasteiger partial charge in [0, 0.05) is 0 Å². The van der Waals surface area contributed by atoms with Crippen molar-refractivity contribution in [3.63, 3.8) is 0 Å². The molecule has 5 heteroatoms. The number of carbonyl (C=O) groups excluding carboxylic acids is 1. The lowest BCUT2D eigenvalue weighted by Gasteiger charge is -2.00. The summed E-state index contributed by atoms with van der Waals surface area (Å²) in [6.45, 7) is 0. The van der Waals surface area contributed by atoms with Crippen LogP contribution in [0.3, 0.4) is 0 Å². The maximum atomic E-state index is 10.8. The Kier molecular flexibility index (Phi) is 1.53. The maximum Gasteiger partial charge on any atom is 0.185 e.